The molecule has 0 unspecified atom stereocenters. The van der Waals surface area contributed by atoms with Crippen LogP contribution in [0.25, 0.3) is 0 Å². The van der Waals surface area contributed by atoms with Crippen LogP contribution >= 0.6 is 0 Å². The predicted octanol–water partition coefficient (Wildman–Crippen LogP) is 0.986. The highest BCUT2D eigenvalue weighted by molar-refractivity contribution is 5.39. The van der Waals surface area contributed by atoms with Crippen LogP contribution in [0, 0.1) is 10.1 Å². The second-order valence-corrected chi connectivity index (χ2v) is 4.19. The normalized spacial score (nSPS) is 10.4. The number of nitro benzene ring substituents is 1. The first-order valence-corrected chi connectivity index (χ1v) is 6.07. The number of nitro groups is 1. The van der Waals surface area contributed by atoms with Gasteiger partial charge in [-0.15, -0.1) is 0 Å². The second-order valence-electron chi connectivity index (χ2n) is 4.19. The summed E-state index contributed by atoms with van der Waals surface area (Å²) in [5.74, 6) is 0. The molecule has 2 rings (SSSR count). The highest BCUT2D eigenvalue weighted by Gasteiger charge is 2.14. The molecule has 0 atom stereocenters. The minimum absolute atomic E-state index is 0.106. The first kappa shape index (κ1) is 13.7. The summed E-state index contributed by atoms with van der Waals surface area (Å²) < 4.78 is 2.36. The van der Waals surface area contributed by atoms with Gasteiger partial charge in [-0.1, -0.05) is 18.2 Å². The van der Waals surface area contributed by atoms with Gasteiger partial charge in [0.25, 0.3) is 11.2 Å². The molecule has 0 radical (unpaired) electrons. The molecule has 0 saturated carbocycles. The van der Waals surface area contributed by atoms with Crippen LogP contribution in [0.2, 0.25) is 0 Å². The summed E-state index contributed by atoms with van der Waals surface area (Å²) in [5.41, 5.74) is -0.729. The zero-order valence-electron chi connectivity index (χ0n) is 10.9. The maximum atomic E-state index is 12.1. The average molecular weight is 275 g/mol. The number of benzene rings is 1. The Balaban J connectivity index is 2.54. The zero-order valence-corrected chi connectivity index (χ0v) is 10.9. The molecule has 1 aromatic heterocycles. The van der Waals surface area contributed by atoms with Crippen molar-refractivity contribution in [3.8, 4) is 0 Å². The SMILES string of the molecule is CCn1ccc(=O)n(Cc2ccccc2[N+](=O)[O-])c1=O. The van der Waals surface area contributed by atoms with E-state index < -0.39 is 16.2 Å². The van der Waals surface area contributed by atoms with Crippen LogP contribution in [0.4, 0.5) is 5.69 Å². The summed E-state index contributed by atoms with van der Waals surface area (Å²) in [5, 5.41) is 10.9. The lowest BCUT2D eigenvalue weighted by Gasteiger charge is -2.08. The molecule has 1 heterocycles. The van der Waals surface area contributed by atoms with Crippen molar-refractivity contribution in [2.24, 2.45) is 0 Å². The molecule has 2 aromatic rings. The fourth-order valence-corrected chi connectivity index (χ4v) is 1.94. The summed E-state index contributed by atoms with van der Waals surface area (Å²) >= 11 is 0. The van der Waals surface area contributed by atoms with Crippen molar-refractivity contribution in [1.29, 1.82) is 0 Å². The van der Waals surface area contributed by atoms with Crippen molar-refractivity contribution < 1.29 is 4.92 Å². The fourth-order valence-electron chi connectivity index (χ4n) is 1.94. The van der Waals surface area contributed by atoms with E-state index in [1.54, 1.807) is 19.1 Å². The van der Waals surface area contributed by atoms with Gasteiger partial charge in [0.15, 0.2) is 0 Å². The van der Waals surface area contributed by atoms with Gasteiger partial charge in [-0.25, -0.2) is 4.79 Å². The third-order valence-corrected chi connectivity index (χ3v) is 3.00. The van der Waals surface area contributed by atoms with Gasteiger partial charge in [0.05, 0.1) is 11.5 Å². The minimum Gasteiger partial charge on any atom is -0.301 e. The van der Waals surface area contributed by atoms with Crippen LogP contribution in [0.5, 0.6) is 0 Å². The molecule has 0 aliphatic heterocycles. The number of hydrogen-bond donors (Lipinski definition) is 0. The Labute approximate surface area is 113 Å². The predicted molar refractivity (Wildman–Crippen MR) is 72.8 cm³/mol. The minimum atomic E-state index is -0.526. The van der Waals surface area contributed by atoms with Gasteiger partial charge in [0.2, 0.25) is 0 Å². The highest BCUT2D eigenvalue weighted by atomic mass is 16.6. The van der Waals surface area contributed by atoms with E-state index in [0.717, 1.165) is 4.57 Å². The summed E-state index contributed by atoms with van der Waals surface area (Å²) in [7, 11) is 0. The Morgan fingerprint density at radius 3 is 2.55 bits per heavy atom. The maximum absolute atomic E-state index is 12.1. The van der Waals surface area contributed by atoms with E-state index in [2.05, 4.69) is 0 Å². The van der Waals surface area contributed by atoms with E-state index in [1.807, 2.05) is 0 Å². The molecule has 0 fully saturated rings. The molecule has 20 heavy (non-hydrogen) atoms. The quantitative estimate of drug-likeness (QED) is 0.615. The Bertz CT molecular complexity index is 761. The first-order chi connectivity index (χ1) is 9.54. The van der Waals surface area contributed by atoms with Crippen LogP contribution < -0.4 is 11.2 Å². The van der Waals surface area contributed by atoms with E-state index in [-0.39, 0.29) is 12.2 Å². The van der Waals surface area contributed by atoms with Crippen LogP contribution in [-0.2, 0) is 13.1 Å². The lowest BCUT2D eigenvalue weighted by molar-refractivity contribution is -0.385. The van der Waals surface area contributed by atoms with Crippen molar-refractivity contribution in [2.75, 3.05) is 0 Å². The van der Waals surface area contributed by atoms with Crippen LogP contribution in [-0.4, -0.2) is 14.1 Å². The van der Waals surface area contributed by atoms with Gasteiger partial charge in [0.1, 0.15) is 0 Å². The molecule has 1 aromatic carbocycles. The van der Waals surface area contributed by atoms with E-state index in [4.69, 9.17) is 0 Å². The van der Waals surface area contributed by atoms with Crippen LogP contribution in [0.3, 0.4) is 0 Å². The second kappa shape index (κ2) is 5.52. The number of hydrogen-bond acceptors (Lipinski definition) is 4. The number of aromatic nitrogens is 2. The van der Waals surface area contributed by atoms with Crippen molar-refractivity contribution >= 4 is 5.69 Å². The molecule has 0 bridgehead atoms. The first-order valence-electron chi connectivity index (χ1n) is 6.07. The van der Waals surface area contributed by atoms with Gasteiger partial charge in [0, 0.05) is 30.4 Å². The van der Waals surface area contributed by atoms with Gasteiger partial charge in [-0.05, 0) is 6.92 Å². The van der Waals surface area contributed by atoms with Crippen LogP contribution in [0.1, 0.15) is 12.5 Å². The molecule has 0 aliphatic rings. The Morgan fingerprint density at radius 2 is 1.90 bits per heavy atom. The summed E-state index contributed by atoms with van der Waals surface area (Å²) in [6, 6.07) is 7.34. The molecule has 0 amide bonds. The Kier molecular flexibility index (Phi) is 3.79. The largest absolute Gasteiger partial charge is 0.331 e. The highest BCUT2D eigenvalue weighted by Crippen LogP contribution is 2.17. The van der Waals surface area contributed by atoms with Crippen LogP contribution in [0.15, 0.2) is 46.1 Å². The zero-order chi connectivity index (χ0) is 14.7. The lowest BCUT2D eigenvalue weighted by atomic mass is 10.2. The Morgan fingerprint density at radius 1 is 1.20 bits per heavy atom. The molecule has 104 valence electrons. The number of aryl methyl sites for hydroxylation is 1. The topological polar surface area (TPSA) is 87.1 Å². The van der Waals surface area contributed by atoms with Gasteiger partial charge >= 0.3 is 5.69 Å². The molecule has 7 heteroatoms. The van der Waals surface area contributed by atoms with E-state index >= 15 is 0 Å². The number of para-hydroxylation sites is 1. The molecule has 0 spiro atoms. The van der Waals surface area contributed by atoms with Gasteiger partial charge < -0.3 is 4.57 Å². The molecular weight excluding hydrogens is 262 g/mol. The Hall–Kier alpha value is -2.70. The third-order valence-electron chi connectivity index (χ3n) is 3.00. The summed E-state index contributed by atoms with van der Waals surface area (Å²) in [4.78, 5) is 34.2. The maximum Gasteiger partial charge on any atom is 0.331 e. The third kappa shape index (κ3) is 2.51. The van der Waals surface area contributed by atoms with Crippen molar-refractivity contribution in [2.45, 2.75) is 20.0 Å². The standard InChI is InChI=1S/C13H13N3O4/c1-2-14-8-7-12(17)15(13(14)18)9-10-5-3-4-6-11(10)16(19)20/h3-8H,2,9H2,1H3. The van der Waals surface area contributed by atoms with E-state index in [9.17, 15) is 19.7 Å². The average Bonchev–Trinajstić information content (AvgIpc) is 2.44. The summed E-state index contributed by atoms with van der Waals surface area (Å²) in [6.07, 6.45) is 1.42. The van der Waals surface area contributed by atoms with E-state index in [1.165, 1.54) is 29.0 Å². The monoisotopic (exact) mass is 275 g/mol. The van der Waals surface area contributed by atoms with Crippen molar-refractivity contribution in [1.82, 2.24) is 9.13 Å². The number of rotatable bonds is 4. The summed E-state index contributed by atoms with van der Waals surface area (Å²) in [6.45, 7) is 2.09. The van der Waals surface area contributed by atoms with E-state index in [0.29, 0.717) is 12.1 Å². The molecule has 0 N–H and O–H groups in total. The molecule has 0 saturated heterocycles. The number of nitrogens with zero attached hydrogens (tertiary/aromatic N) is 3. The van der Waals surface area contributed by atoms with Crippen molar-refractivity contribution in [3.63, 3.8) is 0 Å². The van der Waals surface area contributed by atoms with Crippen molar-refractivity contribution in [3.05, 3.63) is 73.0 Å². The molecule has 7 nitrogen and oxygen atoms in total. The van der Waals surface area contributed by atoms with Gasteiger partial charge in [-0.2, -0.15) is 0 Å². The molecule has 0 aliphatic carbocycles. The molecular formula is C13H13N3O4. The lowest BCUT2D eigenvalue weighted by Crippen LogP contribution is -2.39. The van der Waals surface area contributed by atoms with Gasteiger partial charge in [-0.3, -0.25) is 19.5 Å². The smallest absolute Gasteiger partial charge is 0.301 e. The fraction of sp³-hybridized carbons (Fsp3) is 0.231.